The van der Waals surface area contributed by atoms with Gasteiger partial charge in [-0.15, -0.1) is 9.05 Å². The SMILES string of the molecule is Nc1ccn([C@@H]2O[C@@H]3CO[P+](=O)OC3[C@@H]2O)c(=O)n1. The molecule has 1 aromatic heterocycles. The first-order chi connectivity index (χ1) is 9.06. The molecule has 1 aromatic rings. The molecule has 0 saturated carbocycles. The number of aliphatic hydroxyl groups excluding tert-OH is 1. The Morgan fingerprint density at radius 2 is 2.37 bits per heavy atom. The zero-order valence-electron chi connectivity index (χ0n) is 9.58. The maximum atomic E-state index is 11.7. The van der Waals surface area contributed by atoms with Crippen molar-refractivity contribution in [2.45, 2.75) is 24.5 Å². The number of aromatic nitrogens is 2. The summed E-state index contributed by atoms with van der Waals surface area (Å²) in [5.74, 6) is 0.0776. The van der Waals surface area contributed by atoms with Crippen LogP contribution in [0.15, 0.2) is 17.1 Å². The van der Waals surface area contributed by atoms with Crippen LogP contribution in [0.2, 0.25) is 0 Å². The molecule has 2 unspecified atom stereocenters. The Balaban J connectivity index is 1.90. The van der Waals surface area contributed by atoms with Crippen molar-refractivity contribution in [1.29, 1.82) is 0 Å². The van der Waals surface area contributed by atoms with Gasteiger partial charge in [-0.05, 0) is 6.07 Å². The van der Waals surface area contributed by atoms with Gasteiger partial charge in [-0.1, -0.05) is 0 Å². The van der Waals surface area contributed by atoms with Gasteiger partial charge < -0.3 is 15.6 Å². The van der Waals surface area contributed by atoms with Crippen LogP contribution in [0, 0.1) is 0 Å². The minimum Gasteiger partial charge on any atom is -0.385 e. The molecule has 0 bridgehead atoms. The third-order valence-corrected chi connectivity index (χ3v) is 3.76. The van der Waals surface area contributed by atoms with Crippen LogP contribution >= 0.6 is 8.25 Å². The van der Waals surface area contributed by atoms with E-state index in [4.69, 9.17) is 19.5 Å². The van der Waals surface area contributed by atoms with Gasteiger partial charge in [0.15, 0.2) is 12.3 Å². The van der Waals surface area contributed by atoms with E-state index in [2.05, 4.69) is 4.98 Å². The summed E-state index contributed by atoms with van der Waals surface area (Å²) in [6.45, 7) is 0.0323. The summed E-state index contributed by atoms with van der Waals surface area (Å²) in [5, 5.41) is 10.1. The maximum Gasteiger partial charge on any atom is 0.697 e. The Kier molecular flexibility index (Phi) is 3.08. The molecule has 102 valence electrons. The Bertz CT molecular complexity index is 577. The number of anilines is 1. The normalized spacial score (nSPS) is 36.2. The van der Waals surface area contributed by atoms with E-state index in [9.17, 15) is 14.5 Å². The van der Waals surface area contributed by atoms with E-state index < -0.39 is 38.5 Å². The second-order valence-corrected chi connectivity index (χ2v) is 5.10. The van der Waals surface area contributed by atoms with Crippen LogP contribution in [0.25, 0.3) is 0 Å². The number of nitrogens with zero attached hydrogens (tertiary/aromatic N) is 2. The molecule has 2 aliphatic rings. The van der Waals surface area contributed by atoms with E-state index in [0.717, 1.165) is 4.57 Å². The Morgan fingerprint density at radius 1 is 1.58 bits per heavy atom. The molecule has 0 aliphatic carbocycles. The quantitative estimate of drug-likeness (QED) is 0.640. The molecule has 0 aromatic carbocycles. The standard InChI is InChI=1S/C9H10N3O6P/c10-5-1-2-12(9(14)11-5)8-6(13)7-4(17-8)3-16-19(15)18-7/h1-2,4,6-8,13H,3H2,(H-,10,11,14)/p+1/t4-,6+,7?,8-/m1/s1. The summed E-state index contributed by atoms with van der Waals surface area (Å²) in [7, 11) is -2.26. The first-order valence-electron chi connectivity index (χ1n) is 5.51. The number of ether oxygens (including phenoxy) is 1. The number of hydrogen-bond donors (Lipinski definition) is 2. The van der Waals surface area contributed by atoms with Crippen LogP contribution in [0.3, 0.4) is 0 Å². The Morgan fingerprint density at radius 3 is 3.11 bits per heavy atom. The fourth-order valence-corrected chi connectivity index (χ4v) is 2.89. The van der Waals surface area contributed by atoms with Crippen LogP contribution in [0.1, 0.15) is 6.23 Å². The molecule has 2 aliphatic heterocycles. The van der Waals surface area contributed by atoms with Gasteiger partial charge >= 0.3 is 13.9 Å². The highest BCUT2D eigenvalue weighted by Crippen LogP contribution is 2.41. The van der Waals surface area contributed by atoms with E-state index in [1.807, 2.05) is 0 Å². The lowest BCUT2D eigenvalue weighted by Gasteiger charge is -2.16. The minimum absolute atomic E-state index is 0.0323. The summed E-state index contributed by atoms with van der Waals surface area (Å²) in [6, 6.07) is 1.41. The highest BCUT2D eigenvalue weighted by Gasteiger charge is 2.54. The average molecular weight is 288 g/mol. The molecular formula is C9H11N3O6P+. The molecule has 5 atom stereocenters. The second kappa shape index (κ2) is 4.62. The molecule has 0 spiro atoms. The molecule has 2 fully saturated rings. The zero-order valence-corrected chi connectivity index (χ0v) is 10.5. The lowest BCUT2D eigenvalue weighted by atomic mass is 10.1. The Labute approximate surface area is 107 Å². The van der Waals surface area contributed by atoms with E-state index in [-0.39, 0.29) is 12.4 Å². The van der Waals surface area contributed by atoms with E-state index >= 15 is 0 Å². The van der Waals surface area contributed by atoms with Gasteiger partial charge in [0.25, 0.3) is 0 Å². The minimum atomic E-state index is -2.26. The summed E-state index contributed by atoms with van der Waals surface area (Å²) in [4.78, 5) is 15.2. The van der Waals surface area contributed by atoms with Crippen molar-refractivity contribution < 1.29 is 23.5 Å². The van der Waals surface area contributed by atoms with Gasteiger partial charge in [0, 0.05) is 10.8 Å². The predicted octanol–water partition coefficient (Wildman–Crippen LogP) is -0.843. The number of rotatable bonds is 1. The van der Waals surface area contributed by atoms with Crippen molar-refractivity contribution in [3.8, 4) is 0 Å². The highest BCUT2D eigenvalue weighted by atomic mass is 31.1. The topological polar surface area (TPSA) is 126 Å². The van der Waals surface area contributed by atoms with E-state index in [1.165, 1.54) is 12.3 Å². The lowest BCUT2D eigenvalue weighted by Crippen LogP contribution is -2.38. The molecule has 0 radical (unpaired) electrons. The van der Waals surface area contributed by atoms with Crippen LogP contribution in [-0.4, -0.2) is 39.6 Å². The third-order valence-electron chi connectivity index (χ3n) is 2.99. The van der Waals surface area contributed by atoms with Gasteiger partial charge in [0.1, 0.15) is 24.6 Å². The number of nitrogen functional groups attached to an aromatic ring is 1. The summed E-state index contributed by atoms with van der Waals surface area (Å²) >= 11 is 0. The van der Waals surface area contributed by atoms with Gasteiger partial charge in [0.05, 0.1) is 0 Å². The molecular weight excluding hydrogens is 277 g/mol. The van der Waals surface area contributed by atoms with Crippen molar-refractivity contribution in [2.24, 2.45) is 0 Å². The number of aliphatic hydroxyl groups is 1. The van der Waals surface area contributed by atoms with E-state index in [0.29, 0.717) is 0 Å². The van der Waals surface area contributed by atoms with Crippen LogP contribution < -0.4 is 11.4 Å². The zero-order chi connectivity index (χ0) is 13.6. The average Bonchev–Trinajstić information content (AvgIpc) is 2.67. The molecule has 3 N–H and O–H groups in total. The fraction of sp³-hybridized carbons (Fsp3) is 0.556. The second-order valence-electron chi connectivity index (χ2n) is 4.19. The number of fused-ring (bicyclic) bond motifs is 1. The van der Waals surface area contributed by atoms with Crippen molar-refractivity contribution in [3.63, 3.8) is 0 Å². The van der Waals surface area contributed by atoms with Crippen molar-refractivity contribution in [2.75, 3.05) is 12.3 Å². The molecule has 9 nitrogen and oxygen atoms in total. The van der Waals surface area contributed by atoms with Crippen LogP contribution in [-0.2, 0) is 18.3 Å². The molecule has 0 amide bonds. The van der Waals surface area contributed by atoms with Gasteiger partial charge in [-0.3, -0.25) is 4.57 Å². The molecule has 2 saturated heterocycles. The van der Waals surface area contributed by atoms with Gasteiger partial charge in [-0.25, -0.2) is 4.79 Å². The molecule has 10 heteroatoms. The number of hydrogen-bond acceptors (Lipinski definition) is 8. The first kappa shape index (κ1) is 12.6. The van der Waals surface area contributed by atoms with Crippen molar-refractivity contribution in [1.82, 2.24) is 9.55 Å². The fourth-order valence-electron chi connectivity index (χ4n) is 2.10. The number of nitrogens with two attached hydrogens (primary N) is 1. The molecule has 3 heterocycles. The van der Waals surface area contributed by atoms with Crippen LogP contribution in [0.5, 0.6) is 0 Å². The monoisotopic (exact) mass is 288 g/mol. The lowest BCUT2D eigenvalue weighted by molar-refractivity contribution is -0.0584. The van der Waals surface area contributed by atoms with Crippen molar-refractivity contribution in [3.05, 3.63) is 22.7 Å². The van der Waals surface area contributed by atoms with E-state index in [1.54, 1.807) is 0 Å². The van der Waals surface area contributed by atoms with Gasteiger partial charge in [0.2, 0.25) is 0 Å². The summed E-state index contributed by atoms with van der Waals surface area (Å²) < 4.78 is 27.5. The molecule has 3 rings (SSSR count). The smallest absolute Gasteiger partial charge is 0.385 e. The summed E-state index contributed by atoms with van der Waals surface area (Å²) in [5.41, 5.74) is 4.74. The summed E-state index contributed by atoms with van der Waals surface area (Å²) in [6.07, 6.45) is -2.13. The predicted molar refractivity (Wildman–Crippen MR) is 61.3 cm³/mol. The first-order valence-corrected chi connectivity index (χ1v) is 6.61. The van der Waals surface area contributed by atoms with Crippen molar-refractivity contribution >= 4 is 14.1 Å². The van der Waals surface area contributed by atoms with Crippen LogP contribution in [0.4, 0.5) is 5.82 Å². The highest BCUT2D eigenvalue weighted by molar-refractivity contribution is 7.33. The third kappa shape index (κ3) is 2.15. The maximum absolute atomic E-state index is 11.7. The van der Waals surface area contributed by atoms with Gasteiger partial charge in [-0.2, -0.15) is 4.98 Å². The molecule has 19 heavy (non-hydrogen) atoms. The Hall–Kier alpha value is -1.38. The largest absolute Gasteiger partial charge is 0.697 e.